The van der Waals surface area contributed by atoms with E-state index in [1.54, 1.807) is 12.5 Å². The first-order valence-corrected chi connectivity index (χ1v) is 5.04. The molecule has 0 aliphatic heterocycles. The summed E-state index contributed by atoms with van der Waals surface area (Å²) in [5, 5.41) is 0. The Kier molecular flexibility index (Phi) is 2.60. The minimum absolute atomic E-state index is 0.282. The molecule has 4 heteroatoms. The summed E-state index contributed by atoms with van der Waals surface area (Å²) in [4.78, 5) is 4.26. The number of aryl methyl sites for hydroxylation is 2. The lowest BCUT2D eigenvalue weighted by atomic mass is 10.1. The molecule has 4 nitrogen and oxygen atoms in total. The van der Waals surface area contributed by atoms with Crippen molar-refractivity contribution in [3.8, 4) is 0 Å². The molecule has 1 atom stereocenters. The van der Waals surface area contributed by atoms with Crippen LogP contribution in [0.2, 0.25) is 0 Å². The van der Waals surface area contributed by atoms with Crippen molar-refractivity contribution in [2.75, 3.05) is 0 Å². The van der Waals surface area contributed by atoms with Crippen molar-refractivity contribution in [3.05, 3.63) is 41.9 Å². The molecule has 0 aliphatic rings. The molecule has 2 heterocycles. The fourth-order valence-electron chi connectivity index (χ4n) is 1.69. The van der Waals surface area contributed by atoms with Crippen LogP contribution in [0.3, 0.4) is 0 Å². The summed E-state index contributed by atoms with van der Waals surface area (Å²) in [5.74, 6) is 1.63. The Morgan fingerprint density at radius 1 is 1.60 bits per heavy atom. The van der Waals surface area contributed by atoms with Crippen LogP contribution in [0.15, 0.2) is 29.1 Å². The van der Waals surface area contributed by atoms with E-state index < -0.39 is 0 Å². The van der Waals surface area contributed by atoms with Crippen LogP contribution in [0.4, 0.5) is 0 Å². The Morgan fingerprint density at radius 2 is 2.40 bits per heavy atom. The van der Waals surface area contributed by atoms with E-state index in [0.717, 1.165) is 23.7 Å². The predicted octanol–water partition coefficient (Wildman–Crippen LogP) is 1.85. The number of hydrogen-bond acceptors (Lipinski definition) is 3. The zero-order chi connectivity index (χ0) is 10.8. The van der Waals surface area contributed by atoms with Crippen LogP contribution in [-0.4, -0.2) is 9.55 Å². The van der Waals surface area contributed by atoms with Crippen molar-refractivity contribution in [1.82, 2.24) is 9.55 Å². The van der Waals surface area contributed by atoms with Gasteiger partial charge in [0.05, 0.1) is 6.26 Å². The largest absolute Gasteiger partial charge is 0.467 e. The zero-order valence-electron chi connectivity index (χ0n) is 8.97. The molecule has 0 fully saturated rings. The first kappa shape index (κ1) is 9.98. The summed E-state index contributed by atoms with van der Waals surface area (Å²) in [6.45, 7) is 4.91. The van der Waals surface area contributed by atoms with Gasteiger partial charge in [0.2, 0.25) is 0 Å². The van der Waals surface area contributed by atoms with Gasteiger partial charge in [-0.15, -0.1) is 0 Å². The number of hydrogen-bond donors (Lipinski definition) is 1. The summed E-state index contributed by atoms with van der Waals surface area (Å²) < 4.78 is 7.39. The van der Waals surface area contributed by atoms with E-state index in [9.17, 15) is 0 Å². The highest BCUT2D eigenvalue weighted by Gasteiger charge is 2.18. The lowest BCUT2D eigenvalue weighted by molar-refractivity contribution is 0.471. The van der Waals surface area contributed by atoms with Gasteiger partial charge >= 0.3 is 0 Å². The number of furan rings is 1. The molecule has 2 aromatic rings. The van der Waals surface area contributed by atoms with Gasteiger partial charge in [-0.25, -0.2) is 4.98 Å². The Balaban J connectivity index is 2.36. The fraction of sp³-hybridized carbons (Fsp3) is 0.364. The highest BCUT2D eigenvalue weighted by molar-refractivity contribution is 5.23. The molecule has 2 N–H and O–H groups in total. The normalized spacial score (nSPS) is 13.0. The smallest absolute Gasteiger partial charge is 0.133 e. The first-order chi connectivity index (χ1) is 7.24. The average Bonchev–Trinajstić information content (AvgIpc) is 2.84. The third kappa shape index (κ3) is 1.68. The SMILES string of the molecule is CCn1ccnc1C(N)c1occc1C. The lowest BCUT2D eigenvalue weighted by Gasteiger charge is -2.11. The predicted molar refractivity (Wildman–Crippen MR) is 57.4 cm³/mol. The number of nitrogens with two attached hydrogens (primary N) is 1. The molecule has 0 saturated heterocycles. The maximum absolute atomic E-state index is 6.11. The van der Waals surface area contributed by atoms with E-state index in [2.05, 4.69) is 11.9 Å². The van der Waals surface area contributed by atoms with Crippen LogP contribution in [0.1, 0.15) is 30.1 Å². The molecule has 0 radical (unpaired) electrons. The Hall–Kier alpha value is -1.55. The number of rotatable bonds is 3. The fourth-order valence-corrected chi connectivity index (χ4v) is 1.69. The maximum atomic E-state index is 6.11. The van der Waals surface area contributed by atoms with Gasteiger partial charge in [0.15, 0.2) is 0 Å². The van der Waals surface area contributed by atoms with Gasteiger partial charge in [-0.3, -0.25) is 0 Å². The van der Waals surface area contributed by atoms with Crippen molar-refractivity contribution in [2.24, 2.45) is 5.73 Å². The topological polar surface area (TPSA) is 57.0 Å². The van der Waals surface area contributed by atoms with Crippen LogP contribution < -0.4 is 5.73 Å². The van der Waals surface area contributed by atoms with Gasteiger partial charge < -0.3 is 14.7 Å². The van der Waals surface area contributed by atoms with Crippen LogP contribution >= 0.6 is 0 Å². The van der Waals surface area contributed by atoms with Gasteiger partial charge in [-0.2, -0.15) is 0 Å². The van der Waals surface area contributed by atoms with Crippen molar-refractivity contribution in [2.45, 2.75) is 26.4 Å². The molecule has 0 saturated carbocycles. The van der Waals surface area contributed by atoms with Gasteiger partial charge in [-0.05, 0) is 25.5 Å². The number of aromatic nitrogens is 2. The summed E-state index contributed by atoms with van der Waals surface area (Å²) in [7, 11) is 0. The molecule has 0 spiro atoms. The highest BCUT2D eigenvalue weighted by Crippen LogP contribution is 2.22. The van der Waals surface area contributed by atoms with Crippen molar-refractivity contribution in [3.63, 3.8) is 0 Å². The molecule has 1 unspecified atom stereocenters. The van der Waals surface area contributed by atoms with E-state index in [1.807, 2.05) is 23.8 Å². The van der Waals surface area contributed by atoms with E-state index in [4.69, 9.17) is 10.2 Å². The Morgan fingerprint density at radius 3 is 3.00 bits per heavy atom. The molecule has 15 heavy (non-hydrogen) atoms. The number of nitrogens with zero attached hydrogens (tertiary/aromatic N) is 2. The standard InChI is InChI=1S/C11H15N3O/c1-3-14-6-5-13-11(14)9(12)10-8(2)4-7-15-10/h4-7,9H,3,12H2,1-2H3. The second-order valence-electron chi connectivity index (χ2n) is 3.52. The van der Waals surface area contributed by atoms with Gasteiger partial charge in [-0.1, -0.05) is 0 Å². The van der Waals surface area contributed by atoms with E-state index in [0.29, 0.717) is 0 Å². The van der Waals surface area contributed by atoms with Crippen LogP contribution in [0.25, 0.3) is 0 Å². The molecular formula is C11H15N3O. The molecule has 0 bridgehead atoms. The second kappa shape index (κ2) is 3.90. The Bertz CT molecular complexity index is 444. The molecule has 0 amide bonds. The summed E-state index contributed by atoms with van der Waals surface area (Å²) in [5.41, 5.74) is 7.17. The maximum Gasteiger partial charge on any atom is 0.133 e. The minimum atomic E-state index is -0.282. The molecule has 80 valence electrons. The number of imidazole rings is 1. The van der Waals surface area contributed by atoms with Crippen LogP contribution in [0, 0.1) is 6.92 Å². The van der Waals surface area contributed by atoms with Gasteiger partial charge in [0.1, 0.15) is 17.6 Å². The van der Waals surface area contributed by atoms with E-state index >= 15 is 0 Å². The van der Waals surface area contributed by atoms with E-state index in [1.165, 1.54) is 0 Å². The summed E-state index contributed by atoms with van der Waals surface area (Å²) in [6, 6.07) is 1.63. The Labute approximate surface area is 88.7 Å². The first-order valence-electron chi connectivity index (χ1n) is 5.04. The molecule has 0 aliphatic carbocycles. The summed E-state index contributed by atoms with van der Waals surface area (Å²) in [6.07, 6.45) is 5.34. The molecular weight excluding hydrogens is 190 g/mol. The van der Waals surface area contributed by atoms with Gasteiger partial charge in [0, 0.05) is 18.9 Å². The van der Waals surface area contributed by atoms with E-state index in [-0.39, 0.29) is 6.04 Å². The minimum Gasteiger partial charge on any atom is -0.467 e. The summed E-state index contributed by atoms with van der Waals surface area (Å²) >= 11 is 0. The van der Waals surface area contributed by atoms with Crippen molar-refractivity contribution >= 4 is 0 Å². The average molecular weight is 205 g/mol. The molecule has 2 rings (SSSR count). The third-order valence-corrected chi connectivity index (χ3v) is 2.55. The van der Waals surface area contributed by atoms with Crippen molar-refractivity contribution in [1.29, 1.82) is 0 Å². The van der Waals surface area contributed by atoms with Crippen LogP contribution in [-0.2, 0) is 6.54 Å². The molecule has 2 aromatic heterocycles. The second-order valence-corrected chi connectivity index (χ2v) is 3.52. The molecule has 0 aromatic carbocycles. The zero-order valence-corrected chi connectivity index (χ0v) is 8.97. The highest BCUT2D eigenvalue weighted by atomic mass is 16.3. The quantitative estimate of drug-likeness (QED) is 0.832. The third-order valence-electron chi connectivity index (χ3n) is 2.55. The van der Waals surface area contributed by atoms with Gasteiger partial charge in [0.25, 0.3) is 0 Å². The lowest BCUT2D eigenvalue weighted by Crippen LogP contribution is -2.17. The van der Waals surface area contributed by atoms with Crippen molar-refractivity contribution < 1.29 is 4.42 Å². The monoisotopic (exact) mass is 205 g/mol. The van der Waals surface area contributed by atoms with Crippen LogP contribution in [0.5, 0.6) is 0 Å².